The SMILES string of the molecule is CC1CCCNC1C(=O)N(C)Cc1ccc(F)cc1. The molecular weight excluding hydrogens is 243 g/mol. The summed E-state index contributed by atoms with van der Waals surface area (Å²) in [5.74, 6) is 0.244. The summed E-state index contributed by atoms with van der Waals surface area (Å²) in [7, 11) is 1.80. The Hall–Kier alpha value is -1.42. The lowest BCUT2D eigenvalue weighted by Crippen LogP contribution is -2.51. The standard InChI is InChI=1S/C15H21FN2O/c1-11-4-3-9-17-14(11)15(19)18(2)10-12-5-7-13(16)8-6-12/h5-8,11,14,17H,3-4,9-10H2,1-2H3. The van der Waals surface area contributed by atoms with Crippen LogP contribution in [0.1, 0.15) is 25.3 Å². The van der Waals surface area contributed by atoms with E-state index in [1.807, 2.05) is 0 Å². The van der Waals surface area contributed by atoms with Gasteiger partial charge in [-0.25, -0.2) is 4.39 Å². The number of carbonyl (C=O) groups excluding carboxylic acids is 1. The Morgan fingerprint density at radius 3 is 2.74 bits per heavy atom. The molecule has 19 heavy (non-hydrogen) atoms. The molecule has 1 amide bonds. The van der Waals surface area contributed by atoms with Crippen LogP contribution in [0.2, 0.25) is 0 Å². The summed E-state index contributed by atoms with van der Waals surface area (Å²) in [4.78, 5) is 14.1. The van der Waals surface area contributed by atoms with E-state index in [2.05, 4.69) is 12.2 Å². The van der Waals surface area contributed by atoms with Gasteiger partial charge >= 0.3 is 0 Å². The average molecular weight is 264 g/mol. The molecule has 1 aliphatic rings. The molecule has 0 saturated carbocycles. The normalized spacial score (nSPS) is 23.1. The van der Waals surface area contributed by atoms with E-state index in [0.717, 1.165) is 24.9 Å². The fourth-order valence-corrected chi connectivity index (χ4v) is 2.56. The van der Waals surface area contributed by atoms with Crippen LogP contribution >= 0.6 is 0 Å². The van der Waals surface area contributed by atoms with Gasteiger partial charge < -0.3 is 10.2 Å². The molecule has 2 unspecified atom stereocenters. The van der Waals surface area contributed by atoms with Crippen LogP contribution < -0.4 is 5.32 Å². The lowest BCUT2D eigenvalue weighted by Gasteiger charge is -2.32. The highest BCUT2D eigenvalue weighted by Gasteiger charge is 2.29. The molecule has 1 heterocycles. The maximum absolute atomic E-state index is 12.8. The van der Waals surface area contributed by atoms with Crippen LogP contribution in [0.4, 0.5) is 4.39 Å². The van der Waals surface area contributed by atoms with Crippen molar-refractivity contribution in [2.24, 2.45) is 5.92 Å². The summed E-state index contributed by atoms with van der Waals surface area (Å²) in [6.45, 7) is 3.54. The zero-order chi connectivity index (χ0) is 13.8. The first kappa shape index (κ1) is 14.0. The second-order valence-electron chi connectivity index (χ2n) is 5.37. The average Bonchev–Trinajstić information content (AvgIpc) is 2.41. The van der Waals surface area contributed by atoms with Crippen LogP contribution in [0.3, 0.4) is 0 Å². The van der Waals surface area contributed by atoms with Crippen LogP contribution in [0, 0.1) is 11.7 Å². The first-order valence-electron chi connectivity index (χ1n) is 6.80. The second kappa shape index (κ2) is 6.15. The minimum absolute atomic E-state index is 0.0841. The van der Waals surface area contributed by atoms with Gasteiger partial charge in [-0.05, 0) is 43.0 Å². The zero-order valence-corrected chi connectivity index (χ0v) is 11.5. The number of nitrogens with one attached hydrogen (secondary N) is 1. The fraction of sp³-hybridized carbons (Fsp3) is 0.533. The minimum Gasteiger partial charge on any atom is -0.340 e. The van der Waals surface area contributed by atoms with E-state index >= 15 is 0 Å². The Balaban J connectivity index is 1.96. The number of likely N-dealkylation sites (N-methyl/N-ethyl adjacent to an activating group) is 1. The molecule has 1 N–H and O–H groups in total. The van der Waals surface area contributed by atoms with Gasteiger partial charge in [0, 0.05) is 13.6 Å². The number of hydrogen-bond acceptors (Lipinski definition) is 2. The zero-order valence-electron chi connectivity index (χ0n) is 11.5. The second-order valence-corrected chi connectivity index (χ2v) is 5.37. The van der Waals surface area contributed by atoms with Gasteiger partial charge in [0.2, 0.25) is 5.91 Å². The topological polar surface area (TPSA) is 32.3 Å². The highest BCUT2D eigenvalue weighted by atomic mass is 19.1. The van der Waals surface area contributed by atoms with E-state index in [4.69, 9.17) is 0 Å². The van der Waals surface area contributed by atoms with Crippen LogP contribution in [-0.2, 0) is 11.3 Å². The maximum atomic E-state index is 12.8. The van der Waals surface area contributed by atoms with Crippen LogP contribution in [0.25, 0.3) is 0 Å². The summed E-state index contributed by atoms with van der Waals surface area (Å²) >= 11 is 0. The van der Waals surface area contributed by atoms with Crippen LogP contribution in [0.5, 0.6) is 0 Å². The summed E-state index contributed by atoms with van der Waals surface area (Å²) in [5, 5.41) is 3.29. The molecule has 1 saturated heterocycles. The van der Waals surface area contributed by atoms with Gasteiger partial charge in [-0.3, -0.25) is 4.79 Å². The molecule has 4 heteroatoms. The third-order valence-corrected chi connectivity index (χ3v) is 3.74. The third-order valence-electron chi connectivity index (χ3n) is 3.74. The number of hydrogen-bond donors (Lipinski definition) is 1. The van der Waals surface area contributed by atoms with Gasteiger partial charge in [0.15, 0.2) is 0 Å². The largest absolute Gasteiger partial charge is 0.340 e. The van der Waals surface area contributed by atoms with Gasteiger partial charge in [0.25, 0.3) is 0 Å². The van der Waals surface area contributed by atoms with Crippen molar-refractivity contribution < 1.29 is 9.18 Å². The van der Waals surface area contributed by atoms with Crippen LogP contribution in [0.15, 0.2) is 24.3 Å². The molecule has 1 aromatic carbocycles. The summed E-state index contributed by atoms with van der Waals surface area (Å²) < 4.78 is 12.8. The van der Waals surface area contributed by atoms with E-state index in [1.165, 1.54) is 12.1 Å². The van der Waals surface area contributed by atoms with Gasteiger partial charge in [0.1, 0.15) is 5.82 Å². The smallest absolute Gasteiger partial charge is 0.240 e. The molecule has 2 rings (SSSR count). The molecule has 1 aliphatic heterocycles. The molecule has 2 atom stereocenters. The monoisotopic (exact) mass is 264 g/mol. The van der Waals surface area contributed by atoms with Crippen molar-refractivity contribution in [2.75, 3.05) is 13.6 Å². The predicted octanol–water partition coefficient (Wildman–Crippen LogP) is 2.17. The lowest BCUT2D eigenvalue weighted by atomic mass is 9.92. The Morgan fingerprint density at radius 2 is 2.11 bits per heavy atom. The molecular formula is C15H21FN2O. The van der Waals surface area contributed by atoms with Crippen LogP contribution in [-0.4, -0.2) is 30.4 Å². The highest BCUT2D eigenvalue weighted by Crippen LogP contribution is 2.18. The Morgan fingerprint density at radius 1 is 1.42 bits per heavy atom. The van der Waals surface area contributed by atoms with Gasteiger partial charge in [-0.2, -0.15) is 0 Å². The molecule has 1 aromatic rings. The molecule has 1 fully saturated rings. The van der Waals surface area contributed by atoms with Crippen molar-refractivity contribution in [2.45, 2.75) is 32.4 Å². The maximum Gasteiger partial charge on any atom is 0.240 e. The van der Waals surface area contributed by atoms with Crippen molar-refractivity contribution >= 4 is 5.91 Å². The first-order valence-corrected chi connectivity index (χ1v) is 6.80. The van der Waals surface area contributed by atoms with Crippen molar-refractivity contribution in [3.8, 4) is 0 Å². The molecule has 3 nitrogen and oxygen atoms in total. The van der Waals surface area contributed by atoms with E-state index < -0.39 is 0 Å². The van der Waals surface area contributed by atoms with Gasteiger partial charge in [0.05, 0.1) is 6.04 Å². The Bertz CT molecular complexity index is 432. The number of benzene rings is 1. The molecule has 0 aliphatic carbocycles. The Kier molecular flexibility index (Phi) is 4.53. The molecule has 0 radical (unpaired) electrons. The van der Waals surface area contributed by atoms with Crippen molar-refractivity contribution in [3.63, 3.8) is 0 Å². The number of amides is 1. The number of carbonyl (C=O) groups is 1. The van der Waals surface area contributed by atoms with E-state index in [9.17, 15) is 9.18 Å². The number of nitrogens with zero attached hydrogens (tertiary/aromatic N) is 1. The number of rotatable bonds is 3. The molecule has 104 valence electrons. The summed E-state index contributed by atoms with van der Waals surface area (Å²) in [6.07, 6.45) is 2.22. The fourth-order valence-electron chi connectivity index (χ4n) is 2.56. The molecule has 0 spiro atoms. The van der Waals surface area contributed by atoms with E-state index in [0.29, 0.717) is 12.5 Å². The quantitative estimate of drug-likeness (QED) is 0.907. The van der Waals surface area contributed by atoms with Crippen molar-refractivity contribution in [1.29, 1.82) is 0 Å². The lowest BCUT2D eigenvalue weighted by molar-refractivity contribution is -0.134. The highest BCUT2D eigenvalue weighted by molar-refractivity contribution is 5.82. The predicted molar refractivity (Wildman–Crippen MR) is 73.1 cm³/mol. The molecule has 0 bridgehead atoms. The van der Waals surface area contributed by atoms with Gasteiger partial charge in [-0.15, -0.1) is 0 Å². The first-order chi connectivity index (χ1) is 9.08. The van der Waals surface area contributed by atoms with Crippen molar-refractivity contribution in [1.82, 2.24) is 10.2 Å². The Labute approximate surface area is 113 Å². The van der Waals surface area contributed by atoms with E-state index in [1.54, 1.807) is 24.1 Å². The number of halogens is 1. The minimum atomic E-state index is -0.250. The number of piperidine rings is 1. The third kappa shape index (κ3) is 3.53. The van der Waals surface area contributed by atoms with Gasteiger partial charge in [-0.1, -0.05) is 19.1 Å². The summed E-state index contributed by atoms with van der Waals surface area (Å²) in [5.41, 5.74) is 0.945. The molecule has 0 aromatic heterocycles. The van der Waals surface area contributed by atoms with E-state index in [-0.39, 0.29) is 17.8 Å². The van der Waals surface area contributed by atoms with Crippen molar-refractivity contribution in [3.05, 3.63) is 35.6 Å². The summed E-state index contributed by atoms with van der Waals surface area (Å²) in [6, 6.07) is 6.21.